The molecule has 8 heteroatoms. The SMILES string of the molecule is COc1c2c(cc3c1[C@@H](c1nn[nH]n1)N(C)CC3)OCO2. The van der Waals surface area contributed by atoms with Crippen molar-refractivity contribution in [3.05, 3.63) is 23.0 Å². The summed E-state index contributed by atoms with van der Waals surface area (Å²) in [5.41, 5.74) is 2.20. The van der Waals surface area contributed by atoms with Gasteiger partial charge in [-0.1, -0.05) is 5.21 Å². The van der Waals surface area contributed by atoms with Crippen molar-refractivity contribution in [2.24, 2.45) is 0 Å². The maximum atomic E-state index is 5.61. The average molecular weight is 289 g/mol. The minimum Gasteiger partial charge on any atom is -0.492 e. The Morgan fingerprint density at radius 2 is 2.33 bits per heavy atom. The first-order valence-electron chi connectivity index (χ1n) is 6.72. The first kappa shape index (κ1) is 12.4. The van der Waals surface area contributed by atoms with Crippen LogP contribution in [0.2, 0.25) is 0 Å². The maximum absolute atomic E-state index is 5.61. The molecule has 0 saturated carbocycles. The number of aromatic amines is 1. The fourth-order valence-electron chi connectivity index (χ4n) is 3.04. The number of fused-ring (bicyclic) bond motifs is 2. The van der Waals surface area contributed by atoms with Gasteiger partial charge in [0.2, 0.25) is 12.5 Å². The monoisotopic (exact) mass is 289 g/mol. The lowest BCUT2D eigenvalue weighted by Gasteiger charge is -2.33. The maximum Gasteiger partial charge on any atom is 0.231 e. The molecule has 1 N–H and O–H groups in total. The van der Waals surface area contributed by atoms with Gasteiger partial charge in [0.05, 0.1) is 7.11 Å². The van der Waals surface area contributed by atoms with Crippen LogP contribution >= 0.6 is 0 Å². The predicted octanol–water partition coefficient (Wildman–Crippen LogP) is 0.514. The van der Waals surface area contributed by atoms with Crippen molar-refractivity contribution < 1.29 is 14.2 Å². The molecule has 1 atom stereocenters. The summed E-state index contributed by atoms with van der Waals surface area (Å²) in [6.45, 7) is 1.12. The average Bonchev–Trinajstić information content (AvgIpc) is 3.15. The molecule has 4 rings (SSSR count). The molecule has 1 aromatic carbocycles. The molecule has 2 aromatic rings. The number of nitrogens with one attached hydrogen (secondary N) is 1. The molecule has 21 heavy (non-hydrogen) atoms. The summed E-state index contributed by atoms with van der Waals surface area (Å²) < 4.78 is 16.7. The van der Waals surface area contributed by atoms with Gasteiger partial charge in [0.15, 0.2) is 17.3 Å². The second-order valence-electron chi connectivity index (χ2n) is 5.12. The molecule has 1 aromatic heterocycles. The van der Waals surface area contributed by atoms with Crippen molar-refractivity contribution in [3.63, 3.8) is 0 Å². The number of ether oxygens (including phenoxy) is 3. The quantitative estimate of drug-likeness (QED) is 0.862. The molecule has 110 valence electrons. The summed E-state index contributed by atoms with van der Waals surface area (Å²) in [6.07, 6.45) is 0.910. The minimum atomic E-state index is -0.114. The third-order valence-corrected chi connectivity index (χ3v) is 4.00. The van der Waals surface area contributed by atoms with Crippen molar-refractivity contribution in [3.8, 4) is 17.2 Å². The van der Waals surface area contributed by atoms with Gasteiger partial charge in [-0.3, -0.25) is 4.90 Å². The summed E-state index contributed by atoms with van der Waals surface area (Å²) in [7, 11) is 3.67. The highest BCUT2D eigenvalue weighted by Crippen LogP contribution is 2.50. The van der Waals surface area contributed by atoms with Crippen LogP contribution < -0.4 is 14.2 Å². The third kappa shape index (κ3) is 1.75. The van der Waals surface area contributed by atoms with Crippen molar-refractivity contribution in [2.75, 3.05) is 27.5 Å². The Balaban J connectivity index is 1.95. The van der Waals surface area contributed by atoms with Crippen LogP contribution in [0, 0.1) is 0 Å². The number of aromatic nitrogens is 4. The van der Waals surface area contributed by atoms with E-state index in [4.69, 9.17) is 14.2 Å². The van der Waals surface area contributed by atoms with Crippen LogP contribution in [0.3, 0.4) is 0 Å². The molecule has 0 spiro atoms. The van der Waals surface area contributed by atoms with Gasteiger partial charge in [-0.15, -0.1) is 10.2 Å². The van der Waals surface area contributed by atoms with Gasteiger partial charge in [-0.25, -0.2) is 0 Å². The van der Waals surface area contributed by atoms with Crippen LogP contribution in [0.1, 0.15) is 23.0 Å². The van der Waals surface area contributed by atoms with E-state index in [1.807, 2.05) is 13.1 Å². The lowest BCUT2D eigenvalue weighted by atomic mass is 9.90. The zero-order valence-electron chi connectivity index (χ0n) is 11.8. The van der Waals surface area contributed by atoms with E-state index in [0.29, 0.717) is 17.3 Å². The minimum absolute atomic E-state index is 0.114. The van der Waals surface area contributed by atoms with E-state index < -0.39 is 0 Å². The molecule has 2 aliphatic rings. The standard InChI is InChI=1S/C13H15N5O3/c1-18-4-3-7-5-8-11(21-6-20-8)12(19-2)9(7)10(18)13-14-16-17-15-13/h5,10H,3-4,6H2,1-2H3,(H,14,15,16,17)/t10-/m0/s1. The summed E-state index contributed by atoms with van der Waals surface area (Å²) in [5.74, 6) is 2.71. The largest absolute Gasteiger partial charge is 0.492 e. The van der Waals surface area contributed by atoms with Gasteiger partial charge in [0.1, 0.15) is 6.04 Å². The number of tetrazole rings is 1. The smallest absolute Gasteiger partial charge is 0.231 e. The van der Waals surface area contributed by atoms with E-state index in [-0.39, 0.29) is 12.8 Å². The molecule has 3 heterocycles. The van der Waals surface area contributed by atoms with Crippen LogP contribution in [0.25, 0.3) is 0 Å². The molecule has 0 radical (unpaired) electrons. The molecular weight excluding hydrogens is 274 g/mol. The first-order chi connectivity index (χ1) is 10.3. The number of hydrogen-bond donors (Lipinski definition) is 1. The number of hydrogen-bond acceptors (Lipinski definition) is 7. The number of benzene rings is 1. The Hall–Kier alpha value is -2.35. The molecule has 2 aliphatic heterocycles. The highest BCUT2D eigenvalue weighted by Gasteiger charge is 2.36. The van der Waals surface area contributed by atoms with Gasteiger partial charge in [-0.05, 0) is 25.1 Å². The van der Waals surface area contributed by atoms with E-state index in [1.165, 1.54) is 5.56 Å². The zero-order valence-corrected chi connectivity index (χ0v) is 11.8. The first-order valence-corrected chi connectivity index (χ1v) is 6.72. The normalized spacial score (nSPS) is 20.4. The molecular formula is C13H15N5O3. The zero-order chi connectivity index (χ0) is 14.4. The van der Waals surface area contributed by atoms with E-state index in [9.17, 15) is 0 Å². The van der Waals surface area contributed by atoms with Crippen LogP contribution in [0.15, 0.2) is 6.07 Å². The lowest BCUT2D eigenvalue weighted by molar-refractivity contribution is 0.170. The van der Waals surface area contributed by atoms with Gasteiger partial charge in [-0.2, -0.15) is 5.21 Å². The van der Waals surface area contributed by atoms with E-state index >= 15 is 0 Å². The molecule has 0 aliphatic carbocycles. The Bertz CT molecular complexity index is 673. The second kappa shape index (κ2) is 4.59. The highest BCUT2D eigenvalue weighted by molar-refractivity contribution is 5.62. The summed E-state index contributed by atoms with van der Waals surface area (Å²) >= 11 is 0. The lowest BCUT2D eigenvalue weighted by Crippen LogP contribution is -2.34. The van der Waals surface area contributed by atoms with Crippen LogP contribution in [-0.4, -0.2) is 53.0 Å². The van der Waals surface area contributed by atoms with Crippen molar-refractivity contribution in [1.82, 2.24) is 25.5 Å². The number of likely N-dealkylation sites (N-methyl/N-ethyl adjacent to an activating group) is 1. The van der Waals surface area contributed by atoms with E-state index in [1.54, 1.807) is 7.11 Å². The van der Waals surface area contributed by atoms with Crippen molar-refractivity contribution in [1.29, 1.82) is 0 Å². The topological polar surface area (TPSA) is 85.4 Å². The fraction of sp³-hybridized carbons (Fsp3) is 0.462. The highest BCUT2D eigenvalue weighted by atomic mass is 16.7. The Kier molecular flexibility index (Phi) is 2.71. The van der Waals surface area contributed by atoms with Gasteiger partial charge >= 0.3 is 0 Å². The van der Waals surface area contributed by atoms with Gasteiger partial charge in [0.25, 0.3) is 0 Å². The molecule has 0 bridgehead atoms. The van der Waals surface area contributed by atoms with E-state index in [2.05, 4.69) is 25.5 Å². The third-order valence-electron chi connectivity index (χ3n) is 4.00. The Labute approximate surface area is 121 Å². The van der Waals surface area contributed by atoms with E-state index in [0.717, 1.165) is 24.3 Å². The summed E-state index contributed by atoms with van der Waals surface area (Å²) in [6, 6.07) is 1.91. The number of methoxy groups -OCH3 is 1. The Morgan fingerprint density at radius 1 is 1.43 bits per heavy atom. The summed E-state index contributed by atoms with van der Waals surface area (Å²) in [5, 5.41) is 14.5. The number of nitrogens with zero attached hydrogens (tertiary/aromatic N) is 4. The molecule has 0 fully saturated rings. The van der Waals surface area contributed by atoms with Crippen LogP contribution in [0.4, 0.5) is 0 Å². The number of H-pyrrole nitrogens is 1. The predicted molar refractivity (Wildman–Crippen MR) is 71.5 cm³/mol. The van der Waals surface area contributed by atoms with Crippen LogP contribution in [-0.2, 0) is 6.42 Å². The van der Waals surface area contributed by atoms with Crippen LogP contribution in [0.5, 0.6) is 17.2 Å². The van der Waals surface area contributed by atoms with Gasteiger partial charge in [0, 0.05) is 12.1 Å². The summed E-state index contributed by atoms with van der Waals surface area (Å²) in [4.78, 5) is 2.18. The molecule has 8 nitrogen and oxygen atoms in total. The fourth-order valence-corrected chi connectivity index (χ4v) is 3.04. The second-order valence-corrected chi connectivity index (χ2v) is 5.12. The Morgan fingerprint density at radius 3 is 3.10 bits per heavy atom. The van der Waals surface area contributed by atoms with Gasteiger partial charge < -0.3 is 14.2 Å². The molecule has 0 saturated heterocycles. The van der Waals surface area contributed by atoms with Crippen molar-refractivity contribution >= 4 is 0 Å². The molecule has 0 amide bonds. The molecule has 0 unspecified atom stereocenters. The van der Waals surface area contributed by atoms with Crippen molar-refractivity contribution in [2.45, 2.75) is 12.5 Å². The number of rotatable bonds is 2.